The Morgan fingerprint density at radius 3 is 2.27 bits per heavy atom. The van der Waals surface area contributed by atoms with Crippen LogP contribution in [0.2, 0.25) is 0 Å². The van der Waals surface area contributed by atoms with Crippen LogP contribution >= 0.6 is 0 Å². The molecule has 15 heavy (non-hydrogen) atoms. The van der Waals surface area contributed by atoms with Gasteiger partial charge in [-0.15, -0.1) is 0 Å². The van der Waals surface area contributed by atoms with Crippen LogP contribution in [0.3, 0.4) is 0 Å². The lowest BCUT2D eigenvalue weighted by atomic mass is 9.88. The summed E-state index contributed by atoms with van der Waals surface area (Å²) in [7, 11) is 0. The minimum atomic E-state index is 0.0207. The summed E-state index contributed by atoms with van der Waals surface area (Å²) in [6.07, 6.45) is 0. The first-order valence-corrected chi connectivity index (χ1v) is 5.35. The summed E-state index contributed by atoms with van der Waals surface area (Å²) in [5, 5.41) is 3.26. The van der Waals surface area contributed by atoms with Gasteiger partial charge in [-0.1, -0.05) is 51.1 Å². The van der Waals surface area contributed by atoms with Crippen molar-refractivity contribution in [2.45, 2.75) is 32.9 Å². The largest absolute Gasteiger partial charge is 0.300 e. The summed E-state index contributed by atoms with van der Waals surface area (Å²) in [5.41, 5.74) is 0.969. The summed E-state index contributed by atoms with van der Waals surface area (Å²) >= 11 is 0. The number of hydrogen-bond acceptors (Lipinski definition) is 2. The molecule has 1 N–H and O–H groups in total. The minimum absolute atomic E-state index is 0.0207. The lowest BCUT2D eigenvalue weighted by molar-refractivity contribution is 0.0983. The maximum atomic E-state index is 12.0. The Kier molecular flexibility index (Phi) is 2.39. The van der Waals surface area contributed by atoms with E-state index in [0.717, 1.165) is 5.56 Å². The summed E-state index contributed by atoms with van der Waals surface area (Å²) in [5.74, 6) is 0.218. The average molecular weight is 203 g/mol. The van der Waals surface area contributed by atoms with Crippen LogP contribution < -0.4 is 5.32 Å². The Labute approximate surface area is 90.7 Å². The van der Waals surface area contributed by atoms with Crippen molar-refractivity contribution in [1.29, 1.82) is 0 Å². The van der Waals surface area contributed by atoms with E-state index in [9.17, 15) is 4.79 Å². The maximum absolute atomic E-state index is 12.0. The zero-order valence-electron chi connectivity index (χ0n) is 9.45. The highest BCUT2D eigenvalue weighted by atomic mass is 16.1. The van der Waals surface area contributed by atoms with Crippen LogP contribution in [0.25, 0.3) is 0 Å². The molecule has 2 unspecified atom stereocenters. The van der Waals surface area contributed by atoms with Gasteiger partial charge < -0.3 is 5.32 Å². The second kappa shape index (κ2) is 3.46. The molecule has 2 nitrogen and oxygen atoms in total. The SMILES string of the molecule is CC(C)(C)C1NC1C(=O)c1ccccc1. The minimum Gasteiger partial charge on any atom is -0.300 e. The highest BCUT2D eigenvalue weighted by Gasteiger charge is 2.48. The van der Waals surface area contributed by atoms with Gasteiger partial charge in [-0.05, 0) is 5.41 Å². The summed E-state index contributed by atoms with van der Waals surface area (Å²) in [6, 6.07) is 9.84. The molecule has 0 bridgehead atoms. The Balaban J connectivity index is 2.07. The topological polar surface area (TPSA) is 39.0 Å². The Hall–Kier alpha value is -1.15. The van der Waals surface area contributed by atoms with Gasteiger partial charge in [0.2, 0.25) is 0 Å². The number of Topliss-reactive ketones (excluding diaryl/α,β-unsaturated/α-hetero) is 1. The first-order valence-electron chi connectivity index (χ1n) is 5.35. The van der Waals surface area contributed by atoms with Crippen molar-refractivity contribution in [3.63, 3.8) is 0 Å². The highest BCUT2D eigenvalue weighted by molar-refractivity contribution is 6.02. The zero-order valence-corrected chi connectivity index (χ0v) is 9.45. The molecule has 80 valence electrons. The second-order valence-electron chi connectivity index (χ2n) is 5.22. The van der Waals surface area contributed by atoms with Gasteiger partial charge in [-0.25, -0.2) is 0 Å². The summed E-state index contributed by atoms with van der Waals surface area (Å²) in [6.45, 7) is 6.47. The van der Waals surface area contributed by atoms with Gasteiger partial charge in [-0.2, -0.15) is 0 Å². The molecule has 0 aromatic heterocycles. The molecule has 0 spiro atoms. The number of carbonyl (C=O) groups is 1. The van der Waals surface area contributed by atoms with Crippen LogP contribution in [0.4, 0.5) is 0 Å². The molecular formula is C13H17NO. The zero-order chi connectivity index (χ0) is 11.1. The Bertz CT molecular complexity index is 364. The Morgan fingerprint density at radius 2 is 1.80 bits per heavy atom. The molecule has 1 aromatic carbocycles. The molecule has 0 saturated carbocycles. The number of ketones is 1. The Morgan fingerprint density at radius 1 is 1.20 bits per heavy atom. The predicted octanol–water partition coefficient (Wildman–Crippen LogP) is 2.26. The molecule has 1 saturated heterocycles. The smallest absolute Gasteiger partial charge is 0.181 e. The second-order valence-corrected chi connectivity index (χ2v) is 5.22. The van der Waals surface area contributed by atoms with Gasteiger partial charge in [0.15, 0.2) is 5.78 Å². The van der Waals surface area contributed by atoms with Crippen LogP contribution in [-0.4, -0.2) is 17.9 Å². The fourth-order valence-electron chi connectivity index (χ4n) is 1.90. The van der Waals surface area contributed by atoms with E-state index in [0.29, 0.717) is 6.04 Å². The van der Waals surface area contributed by atoms with E-state index in [1.807, 2.05) is 30.3 Å². The van der Waals surface area contributed by atoms with Gasteiger partial charge >= 0.3 is 0 Å². The third kappa shape index (κ3) is 2.10. The van der Waals surface area contributed by atoms with Crippen LogP contribution in [-0.2, 0) is 0 Å². The van der Waals surface area contributed by atoms with Gasteiger partial charge in [0.05, 0.1) is 6.04 Å². The quantitative estimate of drug-likeness (QED) is 0.591. The van der Waals surface area contributed by atoms with Crippen molar-refractivity contribution in [2.75, 3.05) is 0 Å². The number of benzene rings is 1. The lowest BCUT2D eigenvalue weighted by Gasteiger charge is -2.15. The first kappa shape index (κ1) is 10.4. The van der Waals surface area contributed by atoms with Gasteiger partial charge in [-0.3, -0.25) is 4.79 Å². The normalized spacial score (nSPS) is 25.0. The van der Waals surface area contributed by atoms with E-state index in [2.05, 4.69) is 26.1 Å². The van der Waals surface area contributed by atoms with Crippen molar-refractivity contribution in [3.05, 3.63) is 35.9 Å². The molecule has 0 amide bonds. The fraction of sp³-hybridized carbons (Fsp3) is 0.462. The van der Waals surface area contributed by atoms with Crippen molar-refractivity contribution < 1.29 is 4.79 Å². The molecule has 1 aliphatic rings. The fourth-order valence-corrected chi connectivity index (χ4v) is 1.90. The molecule has 1 aliphatic heterocycles. The monoisotopic (exact) mass is 203 g/mol. The molecule has 0 aliphatic carbocycles. The van der Waals surface area contributed by atoms with Crippen LogP contribution in [0.5, 0.6) is 0 Å². The molecule has 2 heteroatoms. The lowest BCUT2D eigenvalue weighted by Crippen LogP contribution is -2.20. The molecular weight excluding hydrogens is 186 g/mol. The van der Waals surface area contributed by atoms with E-state index in [1.54, 1.807) is 0 Å². The molecule has 2 atom stereocenters. The highest BCUT2D eigenvalue weighted by Crippen LogP contribution is 2.32. The number of carbonyl (C=O) groups excluding carboxylic acids is 1. The molecule has 2 rings (SSSR count). The predicted molar refractivity (Wildman–Crippen MR) is 60.9 cm³/mol. The van der Waals surface area contributed by atoms with E-state index in [1.165, 1.54) is 0 Å². The van der Waals surface area contributed by atoms with Crippen molar-refractivity contribution in [1.82, 2.24) is 5.32 Å². The van der Waals surface area contributed by atoms with Crippen LogP contribution in [0.15, 0.2) is 30.3 Å². The van der Waals surface area contributed by atoms with Gasteiger partial charge in [0.1, 0.15) is 0 Å². The first-order chi connectivity index (χ1) is 7.00. The van der Waals surface area contributed by atoms with Gasteiger partial charge in [0, 0.05) is 11.6 Å². The standard InChI is InChI=1S/C13H17NO/c1-13(2,3)12-10(14-12)11(15)9-7-5-4-6-8-9/h4-8,10,12,14H,1-3H3. The van der Waals surface area contributed by atoms with Crippen LogP contribution in [0, 0.1) is 5.41 Å². The van der Waals surface area contributed by atoms with Crippen molar-refractivity contribution in [2.24, 2.45) is 5.41 Å². The van der Waals surface area contributed by atoms with E-state index >= 15 is 0 Å². The third-order valence-corrected chi connectivity index (χ3v) is 2.86. The van der Waals surface area contributed by atoms with Gasteiger partial charge in [0.25, 0.3) is 0 Å². The maximum Gasteiger partial charge on any atom is 0.181 e. The number of rotatable bonds is 2. The molecule has 0 radical (unpaired) electrons. The average Bonchev–Trinajstić information content (AvgIpc) is 2.97. The van der Waals surface area contributed by atoms with Crippen molar-refractivity contribution >= 4 is 5.78 Å². The number of hydrogen-bond donors (Lipinski definition) is 1. The molecule has 1 aromatic rings. The van der Waals surface area contributed by atoms with E-state index in [4.69, 9.17) is 0 Å². The third-order valence-electron chi connectivity index (χ3n) is 2.86. The summed E-state index contributed by atoms with van der Waals surface area (Å²) in [4.78, 5) is 12.0. The van der Waals surface area contributed by atoms with Crippen LogP contribution in [0.1, 0.15) is 31.1 Å². The van der Waals surface area contributed by atoms with E-state index in [-0.39, 0.29) is 17.2 Å². The molecule has 1 heterocycles. The van der Waals surface area contributed by atoms with E-state index < -0.39 is 0 Å². The van der Waals surface area contributed by atoms with Crippen molar-refractivity contribution in [3.8, 4) is 0 Å². The number of nitrogens with one attached hydrogen (secondary N) is 1. The molecule has 1 fully saturated rings. The summed E-state index contributed by atoms with van der Waals surface area (Å²) < 4.78 is 0.